The topological polar surface area (TPSA) is 143 Å². The highest BCUT2D eigenvalue weighted by atomic mass is 16.6. The average Bonchev–Trinajstić information content (AvgIpc) is 3.42. The molecule has 3 amide bonds. The fourth-order valence-corrected chi connectivity index (χ4v) is 6.43. The minimum atomic E-state index is -1.26. The Morgan fingerprint density at radius 3 is 1.65 bits per heavy atom. The van der Waals surface area contributed by atoms with E-state index in [-0.39, 0.29) is 25.4 Å². The van der Waals surface area contributed by atoms with Gasteiger partial charge in [0, 0.05) is 18.8 Å². The van der Waals surface area contributed by atoms with Gasteiger partial charge in [-0.25, -0.2) is 9.59 Å². The number of nitrogens with one attached hydrogen (secondary N) is 3. The Kier molecular flexibility index (Phi) is 11.9. The highest BCUT2D eigenvalue weighted by Crippen LogP contribution is 2.44. The number of alkyl carbamates (subject to hydrolysis) is 1. The molecule has 0 spiro atoms. The predicted molar refractivity (Wildman–Crippen MR) is 194 cm³/mol. The number of carboxylic acids is 1. The molecule has 1 aliphatic carbocycles. The zero-order valence-electron chi connectivity index (χ0n) is 29.3. The maximum Gasteiger partial charge on any atom is 0.407 e. The first-order valence-electron chi connectivity index (χ1n) is 17.1. The van der Waals surface area contributed by atoms with E-state index >= 15 is 0 Å². The minimum Gasteiger partial charge on any atom is -0.480 e. The molecule has 4 aromatic rings. The van der Waals surface area contributed by atoms with Gasteiger partial charge >= 0.3 is 12.1 Å². The van der Waals surface area contributed by atoms with Crippen molar-refractivity contribution in [3.8, 4) is 11.1 Å². The number of hydrogen-bond acceptors (Lipinski definition) is 6. The Bertz CT molecular complexity index is 1780. The smallest absolute Gasteiger partial charge is 0.407 e. The van der Waals surface area contributed by atoms with Crippen LogP contribution < -0.4 is 16.0 Å². The summed E-state index contributed by atoms with van der Waals surface area (Å²) in [6, 6.07) is 30.3. The van der Waals surface area contributed by atoms with Crippen LogP contribution in [0.4, 0.5) is 4.79 Å². The van der Waals surface area contributed by atoms with Crippen molar-refractivity contribution in [3.63, 3.8) is 0 Å². The van der Waals surface area contributed by atoms with Crippen LogP contribution in [0.2, 0.25) is 0 Å². The molecule has 0 fully saturated rings. The zero-order chi connectivity index (χ0) is 36.5. The number of carbonyl (C=O) groups excluding carboxylic acids is 3. The number of amides is 3. The molecule has 0 saturated heterocycles. The third-order valence-electron chi connectivity index (χ3n) is 8.72. The van der Waals surface area contributed by atoms with E-state index < -0.39 is 53.7 Å². The molecule has 0 radical (unpaired) electrons. The highest BCUT2D eigenvalue weighted by Gasteiger charge is 2.35. The van der Waals surface area contributed by atoms with Crippen LogP contribution in [0.1, 0.15) is 55.9 Å². The number of carboxylic acid groups (broad SMARTS) is 1. The van der Waals surface area contributed by atoms with E-state index in [9.17, 15) is 24.3 Å². The van der Waals surface area contributed by atoms with Gasteiger partial charge in [0.25, 0.3) is 0 Å². The second kappa shape index (κ2) is 16.5. The second-order valence-electron chi connectivity index (χ2n) is 13.7. The van der Waals surface area contributed by atoms with Crippen LogP contribution in [0.5, 0.6) is 0 Å². The Labute approximate surface area is 298 Å². The van der Waals surface area contributed by atoms with Crippen LogP contribution in [0, 0.1) is 0 Å². The molecule has 51 heavy (non-hydrogen) atoms. The van der Waals surface area contributed by atoms with Crippen molar-refractivity contribution in [1.29, 1.82) is 0 Å². The van der Waals surface area contributed by atoms with Crippen molar-refractivity contribution < 1.29 is 33.8 Å². The molecule has 10 heteroatoms. The molecule has 5 rings (SSSR count). The van der Waals surface area contributed by atoms with Crippen molar-refractivity contribution in [3.05, 3.63) is 131 Å². The Morgan fingerprint density at radius 2 is 1.14 bits per heavy atom. The second-order valence-corrected chi connectivity index (χ2v) is 13.7. The summed E-state index contributed by atoms with van der Waals surface area (Å²) in [7, 11) is 0. The van der Waals surface area contributed by atoms with Gasteiger partial charge in [0.05, 0.1) is 11.7 Å². The van der Waals surface area contributed by atoms with Gasteiger partial charge in [-0.15, -0.1) is 0 Å². The molecule has 10 nitrogen and oxygen atoms in total. The average molecular weight is 692 g/mol. The summed E-state index contributed by atoms with van der Waals surface area (Å²) in [5, 5.41) is 18.0. The Hall–Kier alpha value is -5.48. The lowest BCUT2D eigenvalue weighted by Crippen LogP contribution is -2.59. The van der Waals surface area contributed by atoms with Gasteiger partial charge in [-0.2, -0.15) is 0 Å². The Balaban J connectivity index is 1.33. The minimum absolute atomic E-state index is 0.0414. The van der Waals surface area contributed by atoms with Crippen LogP contribution in [0.3, 0.4) is 0 Å². The van der Waals surface area contributed by atoms with Gasteiger partial charge in [0.1, 0.15) is 24.7 Å². The van der Waals surface area contributed by atoms with E-state index in [4.69, 9.17) is 9.47 Å². The molecule has 0 heterocycles. The molecule has 0 bridgehead atoms. The van der Waals surface area contributed by atoms with Crippen LogP contribution >= 0.6 is 0 Å². The van der Waals surface area contributed by atoms with Crippen LogP contribution in [-0.4, -0.2) is 65.4 Å². The molecule has 1 aliphatic rings. The fraction of sp³-hybridized carbons (Fsp3) is 0.317. The molecule has 0 aromatic heterocycles. The highest BCUT2D eigenvalue weighted by molar-refractivity contribution is 5.93. The summed E-state index contributed by atoms with van der Waals surface area (Å²) in [4.78, 5) is 53.4. The maximum atomic E-state index is 14.1. The standard InChI is InChI=1S/C41H45N3O7/c1-26(51-41(2,3)4)36(44-40(49)50-25-33-31-21-13-11-19-29(31)30-20-12-14-22-32(30)33)38(46)42-34(23-27-15-7-5-8-16-27)37(45)43-35(39(47)48)24-28-17-9-6-10-18-28/h5-22,26,33-36H,23-25H2,1-4H3,(H,42,46)(H,43,45)(H,44,49)(H,47,48)/t26-,34+,35+,36+/m1/s1. The molecule has 0 saturated carbocycles. The molecular weight excluding hydrogens is 646 g/mol. The predicted octanol–water partition coefficient (Wildman–Crippen LogP) is 5.64. The van der Waals surface area contributed by atoms with Crippen LogP contribution in [-0.2, 0) is 36.7 Å². The third-order valence-corrected chi connectivity index (χ3v) is 8.72. The van der Waals surface area contributed by atoms with E-state index in [0.29, 0.717) is 0 Å². The molecule has 4 atom stereocenters. The van der Waals surface area contributed by atoms with E-state index in [2.05, 4.69) is 16.0 Å². The lowest BCUT2D eigenvalue weighted by Gasteiger charge is -2.31. The van der Waals surface area contributed by atoms with Crippen LogP contribution in [0.25, 0.3) is 11.1 Å². The summed E-state index contributed by atoms with van der Waals surface area (Å²) < 4.78 is 11.9. The quantitative estimate of drug-likeness (QED) is 0.134. The normalized spacial score (nSPS) is 14.6. The number of hydrogen-bond donors (Lipinski definition) is 4. The van der Waals surface area contributed by atoms with Gasteiger partial charge in [-0.3, -0.25) is 9.59 Å². The SMILES string of the molecule is C[C@@H](OC(C)(C)C)[C@H](NC(=O)OCC1c2ccccc2-c2ccccc21)C(=O)N[C@@H](Cc1ccccc1)C(=O)N[C@@H](Cc1ccccc1)C(=O)O. The Morgan fingerprint density at radius 1 is 0.667 bits per heavy atom. The summed E-state index contributed by atoms with van der Waals surface area (Å²) in [5.41, 5.74) is 5.07. The van der Waals surface area contributed by atoms with Crippen molar-refractivity contribution >= 4 is 23.9 Å². The van der Waals surface area contributed by atoms with E-state index in [0.717, 1.165) is 33.4 Å². The van der Waals surface area contributed by atoms with E-state index in [1.807, 2.05) is 106 Å². The maximum absolute atomic E-state index is 14.1. The van der Waals surface area contributed by atoms with E-state index in [1.165, 1.54) is 0 Å². The van der Waals surface area contributed by atoms with Gasteiger partial charge in [-0.1, -0.05) is 109 Å². The van der Waals surface area contributed by atoms with Gasteiger partial charge in [0.2, 0.25) is 11.8 Å². The lowest BCUT2D eigenvalue weighted by atomic mass is 9.98. The molecular formula is C41H45N3O7. The first kappa shape index (κ1) is 36.8. The van der Waals surface area contributed by atoms with Gasteiger partial charge in [0.15, 0.2) is 0 Å². The largest absolute Gasteiger partial charge is 0.480 e. The number of fused-ring (bicyclic) bond motifs is 3. The molecule has 0 aliphatic heterocycles. The zero-order valence-corrected chi connectivity index (χ0v) is 29.3. The van der Waals surface area contributed by atoms with Crippen molar-refractivity contribution in [2.45, 2.75) is 76.3 Å². The number of ether oxygens (including phenoxy) is 2. The van der Waals surface area contributed by atoms with Gasteiger partial charge < -0.3 is 30.5 Å². The third kappa shape index (κ3) is 9.82. The van der Waals surface area contributed by atoms with Crippen molar-refractivity contribution in [1.82, 2.24) is 16.0 Å². The number of benzene rings is 4. The summed E-state index contributed by atoms with van der Waals surface area (Å²) >= 11 is 0. The van der Waals surface area contributed by atoms with E-state index in [1.54, 1.807) is 31.2 Å². The first-order chi connectivity index (χ1) is 24.4. The summed E-state index contributed by atoms with van der Waals surface area (Å²) in [6.45, 7) is 7.19. The molecule has 4 N–H and O–H groups in total. The monoisotopic (exact) mass is 691 g/mol. The first-order valence-corrected chi connectivity index (χ1v) is 17.1. The number of aliphatic carboxylic acids is 1. The van der Waals surface area contributed by atoms with Crippen molar-refractivity contribution in [2.24, 2.45) is 0 Å². The summed E-state index contributed by atoms with van der Waals surface area (Å²) in [6.07, 6.45) is -1.53. The fourth-order valence-electron chi connectivity index (χ4n) is 6.43. The van der Waals surface area contributed by atoms with Crippen molar-refractivity contribution in [2.75, 3.05) is 6.61 Å². The number of carbonyl (C=O) groups is 4. The lowest BCUT2D eigenvalue weighted by molar-refractivity contribution is -0.142. The molecule has 4 aromatic carbocycles. The van der Waals surface area contributed by atoms with Crippen LogP contribution in [0.15, 0.2) is 109 Å². The molecule has 266 valence electrons. The molecule has 0 unspecified atom stereocenters. The number of rotatable bonds is 14. The van der Waals surface area contributed by atoms with Gasteiger partial charge in [-0.05, 0) is 61.1 Å². The summed E-state index contributed by atoms with van der Waals surface area (Å²) in [5.74, 6) is -2.76.